The van der Waals surface area contributed by atoms with Gasteiger partial charge in [0.25, 0.3) is 0 Å². The van der Waals surface area contributed by atoms with Crippen LogP contribution >= 0.6 is 0 Å². The molecular formula is C22H29N3O3. The Labute approximate surface area is 167 Å². The predicted molar refractivity (Wildman–Crippen MR) is 111 cm³/mol. The molecule has 3 rings (SSSR count). The Hall–Kier alpha value is -2.73. The minimum atomic E-state index is -0.110. The molecule has 1 atom stereocenters. The fourth-order valence-corrected chi connectivity index (χ4v) is 3.09. The summed E-state index contributed by atoms with van der Waals surface area (Å²) >= 11 is 0. The third-order valence-corrected chi connectivity index (χ3v) is 4.89. The van der Waals surface area contributed by atoms with Gasteiger partial charge in [-0.05, 0) is 36.8 Å². The number of nitrogens with one attached hydrogen (secondary N) is 1. The molecule has 2 amide bonds. The van der Waals surface area contributed by atoms with E-state index in [-0.39, 0.29) is 12.1 Å². The van der Waals surface area contributed by atoms with Crippen LogP contribution in [0, 0.1) is 0 Å². The number of morpholine rings is 1. The second-order valence-electron chi connectivity index (χ2n) is 6.95. The third kappa shape index (κ3) is 5.63. The molecule has 1 N–H and O–H groups in total. The molecule has 2 aromatic rings. The second kappa shape index (κ2) is 9.99. The molecule has 1 fully saturated rings. The molecule has 0 saturated carbocycles. The highest BCUT2D eigenvalue weighted by atomic mass is 16.5. The summed E-state index contributed by atoms with van der Waals surface area (Å²) in [5.74, 6) is 0.810. The van der Waals surface area contributed by atoms with E-state index in [2.05, 4.69) is 34.5 Å². The molecule has 6 nitrogen and oxygen atoms in total. The van der Waals surface area contributed by atoms with Crippen molar-refractivity contribution in [1.29, 1.82) is 0 Å². The zero-order valence-corrected chi connectivity index (χ0v) is 16.6. The van der Waals surface area contributed by atoms with Crippen LogP contribution in [0.2, 0.25) is 0 Å². The summed E-state index contributed by atoms with van der Waals surface area (Å²) in [6, 6.07) is 17.8. The Morgan fingerprint density at radius 2 is 1.82 bits per heavy atom. The van der Waals surface area contributed by atoms with Crippen LogP contribution in [0.1, 0.15) is 18.5 Å². The van der Waals surface area contributed by atoms with Crippen molar-refractivity contribution in [1.82, 2.24) is 10.2 Å². The van der Waals surface area contributed by atoms with Crippen molar-refractivity contribution >= 4 is 11.7 Å². The molecule has 28 heavy (non-hydrogen) atoms. The van der Waals surface area contributed by atoms with Gasteiger partial charge in [0.05, 0.1) is 25.8 Å². The summed E-state index contributed by atoms with van der Waals surface area (Å²) in [7, 11) is 1.78. The summed E-state index contributed by atoms with van der Waals surface area (Å²) in [6.45, 7) is 6.35. The number of ether oxygens (including phenoxy) is 2. The zero-order chi connectivity index (χ0) is 19.8. The monoisotopic (exact) mass is 383 g/mol. The number of urea groups is 1. The molecule has 1 aliphatic rings. The van der Waals surface area contributed by atoms with Gasteiger partial charge in [0.15, 0.2) is 0 Å². The number of para-hydroxylation sites is 1. The molecule has 150 valence electrons. The standard InChI is InChI=1S/C22H29N3O3/c1-18(19-8-10-20(11-9-19)25-13-15-27-16-14-25)23-22(26)24(2)12-17-28-21-6-4-3-5-7-21/h3-11,18H,12-17H2,1-2H3,(H,23,26). The second-order valence-corrected chi connectivity index (χ2v) is 6.95. The lowest BCUT2D eigenvalue weighted by atomic mass is 10.1. The van der Waals surface area contributed by atoms with Gasteiger partial charge in [-0.25, -0.2) is 4.79 Å². The number of hydrogen-bond acceptors (Lipinski definition) is 4. The fourth-order valence-electron chi connectivity index (χ4n) is 3.09. The molecule has 2 aromatic carbocycles. The molecule has 1 unspecified atom stereocenters. The first kappa shape index (κ1) is 20.0. The van der Waals surface area contributed by atoms with Gasteiger partial charge in [-0.1, -0.05) is 30.3 Å². The van der Waals surface area contributed by atoms with E-state index in [1.165, 1.54) is 5.69 Å². The maximum absolute atomic E-state index is 12.4. The average molecular weight is 383 g/mol. The van der Waals surface area contributed by atoms with E-state index < -0.39 is 0 Å². The van der Waals surface area contributed by atoms with Crippen LogP contribution in [-0.4, -0.2) is 57.4 Å². The number of benzene rings is 2. The number of hydrogen-bond donors (Lipinski definition) is 1. The Morgan fingerprint density at radius 1 is 1.14 bits per heavy atom. The van der Waals surface area contributed by atoms with Gasteiger partial charge in [0.1, 0.15) is 12.4 Å². The van der Waals surface area contributed by atoms with E-state index in [9.17, 15) is 4.79 Å². The van der Waals surface area contributed by atoms with Crippen LogP contribution in [0.5, 0.6) is 5.75 Å². The van der Waals surface area contributed by atoms with E-state index in [1.807, 2.05) is 37.3 Å². The highest BCUT2D eigenvalue weighted by molar-refractivity contribution is 5.74. The quantitative estimate of drug-likeness (QED) is 0.797. The summed E-state index contributed by atoms with van der Waals surface area (Å²) < 4.78 is 11.1. The van der Waals surface area contributed by atoms with Crippen molar-refractivity contribution in [2.75, 3.05) is 51.4 Å². The van der Waals surface area contributed by atoms with Gasteiger partial charge < -0.3 is 24.6 Å². The first-order valence-corrected chi connectivity index (χ1v) is 9.75. The number of anilines is 1. The summed E-state index contributed by atoms with van der Waals surface area (Å²) in [5.41, 5.74) is 2.28. The first-order chi connectivity index (χ1) is 13.6. The maximum atomic E-state index is 12.4. The highest BCUT2D eigenvalue weighted by Gasteiger charge is 2.15. The third-order valence-electron chi connectivity index (χ3n) is 4.89. The van der Waals surface area contributed by atoms with Crippen molar-refractivity contribution < 1.29 is 14.3 Å². The molecule has 0 radical (unpaired) electrons. The Bertz CT molecular complexity index is 730. The lowest BCUT2D eigenvalue weighted by molar-refractivity contribution is 0.122. The molecule has 0 bridgehead atoms. The van der Waals surface area contributed by atoms with E-state index >= 15 is 0 Å². The van der Waals surface area contributed by atoms with Crippen LogP contribution < -0.4 is 15.0 Å². The molecule has 0 aliphatic carbocycles. The Morgan fingerprint density at radius 3 is 2.50 bits per heavy atom. The van der Waals surface area contributed by atoms with E-state index in [4.69, 9.17) is 9.47 Å². The van der Waals surface area contributed by atoms with E-state index in [1.54, 1.807) is 11.9 Å². The minimum absolute atomic E-state index is 0.0660. The van der Waals surface area contributed by atoms with Crippen molar-refractivity contribution in [3.05, 3.63) is 60.2 Å². The van der Waals surface area contributed by atoms with Crippen molar-refractivity contribution in [3.8, 4) is 5.75 Å². The zero-order valence-electron chi connectivity index (χ0n) is 16.6. The first-order valence-electron chi connectivity index (χ1n) is 9.75. The normalized spacial score (nSPS) is 15.0. The van der Waals surface area contributed by atoms with Crippen LogP contribution in [0.15, 0.2) is 54.6 Å². The van der Waals surface area contributed by atoms with Crippen LogP contribution in [0.4, 0.5) is 10.5 Å². The fraction of sp³-hybridized carbons (Fsp3) is 0.409. The van der Waals surface area contributed by atoms with Crippen LogP contribution in [0.25, 0.3) is 0 Å². The molecule has 1 saturated heterocycles. The molecule has 6 heteroatoms. The lowest BCUT2D eigenvalue weighted by Crippen LogP contribution is -2.40. The molecule has 0 aromatic heterocycles. The molecule has 0 spiro atoms. The minimum Gasteiger partial charge on any atom is -0.492 e. The number of amides is 2. The SMILES string of the molecule is CC(NC(=O)N(C)CCOc1ccccc1)c1ccc(N2CCOCC2)cc1. The number of carbonyl (C=O) groups excluding carboxylic acids is 1. The summed E-state index contributed by atoms with van der Waals surface area (Å²) in [5, 5.41) is 3.04. The number of likely N-dealkylation sites (N-methyl/N-ethyl adjacent to an activating group) is 1. The van der Waals surface area contributed by atoms with Gasteiger partial charge in [-0.15, -0.1) is 0 Å². The van der Waals surface area contributed by atoms with Gasteiger partial charge in [0.2, 0.25) is 0 Å². The van der Waals surface area contributed by atoms with E-state index in [0.717, 1.165) is 37.6 Å². The summed E-state index contributed by atoms with van der Waals surface area (Å²) in [6.07, 6.45) is 0. The van der Waals surface area contributed by atoms with Crippen molar-refractivity contribution in [3.63, 3.8) is 0 Å². The largest absolute Gasteiger partial charge is 0.492 e. The molecule has 1 heterocycles. The lowest BCUT2D eigenvalue weighted by Gasteiger charge is -2.29. The van der Waals surface area contributed by atoms with Crippen LogP contribution in [0.3, 0.4) is 0 Å². The highest BCUT2D eigenvalue weighted by Crippen LogP contribution is 2.20. The topological polar surface area (TPSA) is 54.0 Å². The van der Waals surface area contributed by atoms with Crippen LogP contribution in [-0.2, 0) is 4.74 Å². The van der Waals surface area contributed by atoms with Gasteiger partial charge in [-0.2, -0.15) is 0 Å². The Kier molecular flexibility index (Phi) is 7.14. The number of carbonyl (C=O) groups is 1. The average Bonchev–Trinajstić information content (AvgIpc) is 2.75. The van der Waals surface area contributed by atoms with Gasteiger partial charge in [0, 0.05) is 25.8 Å². The number of nitrogens with zero attached hydrogens (tertiary/aromatic N) is 2. The van der Waals surface area contributed by atoms with Gasteiger partial charge >= 0.3 is 6.03 Å². The van der Waals surface area contributed by atoms with Gasteiger partial charge in [-0.3, -0.25) is 0 Å². The summed E-state index contributed by atoms with van der Waals surface area (Å²) in [4.78, 5) is 16.4. The smallest absolute Gasteiger partial charge is 0.317 e. The maximum Gasteiger partial charge on any atom is 0.317 e. The predicted octanol–water partition coefficient (Wildman–Crippen LogP) is 3.30. The molecule has 1 aliphatic heterocycles. The van der Waals surface area contributed by atoms with Crippen molar-refractivity contribution in [2.45, 2.75) is 13.0 Å². The number of rotatable bonds is 7. The van der Waals surface area contributed by atoms with Crippen molar-refractivity contribution in [2.24, 2.45) is 0 Å². The molecular weight excluding hydrogens is 354 g/mol. The Balaban J connectivity index is 1.45. The van der Waals surface area contributed by atoms with E-state index in [0.29, 0.717) is 13.2 Å².